The Labute approximate surface area is 118 Å². The van der Waals surface area contributed by atoms with Gasteiger partial charge in [0.05, 0.1) is 4.90 Å². The Kier molecular flexibility index (Phi) is 4.74. The summed E-state index contributed by atoms with van der Waals surface area (Å²) in [6, 6.07) is 6.20. The van der Waals surface area contributed by atoms with E-state index < -0.39 is 10.0 Å². The van der Waals surface area contributed by atoms with Gasteiger partial charge in [-0.2, -0.15) is 0 Å². The molecule has 4 N–H and O–H groups in total. The second-order valence-electron chi connectivity index (χ2n) is 4.91. The summed E-state index contributed by atoms with van der Waals surface area (Å²) in [7, 11) is -3.57. The third kappa shape index (κ3) is 4.29. The summed E-state index contributed by atoms with van der Waals surface area (Å²) in [6.07, 6.45) is 2.71. The van der Waals surface area contributed by atoms with Crippen LogP contribution in [0, 0.1) is 5.92 Å². The van der Waals surface area contributed by atoms with Crippen molar-refractivity contribution in [2.45, 2.75) is 24.2 Å². The summed E-state index contributed by atoms with van der Waals surface area (Å²) in [5, 5.41) is 2.73. The molecule has 1 aromatic rings. The molecule has 0 unspecified atom stereocenters. The molecule has 1 fully saturated rings. The molecule has 20 heavy (non-hydrogen) atoms. The monoisotopic (exact) mass is 297 g/mol. The Bertz CT molecular complexity index is 582. The molecule has 1 aliphatic carbocycles. The number of rotatable bonds is 7. The van der Waals surface area contributed by atoms with Gasteiger partial charge in [0, 0.05) is 25.2 Å². The molecule has 1 saturated carbocycles. The highest BCUT2D eigenvalue weighted by Gasteiger charge is 2.24. The van der Waals surface area contributed by atoms with Gasteiger partial charge in [0.2, 0.25) is 15.9 Å². The van der Waals surface area contributed by atoms with Gasteiger partial charge < -0.3 is 11.1 Å². The Morgan fingerprint density at radius 3 is 2.75 bits per heavy atom. The van der Waals surface area contributed by atoms with Crippen molar-refractivity contribution in [2.24, 2.45) is 11.7 Å². The number of nitrogens with two attached hydrogens (primary N) is 1. The molecule has 0 atom stereocenters. The molecule has 6 nitrogen and oxygen atoms in total. The van der Waals surface area contributed by atoms with Gasteiger partial charge in [-0.3, -0.25) is 4.79 Å². The Hall–Kier alpha value is -1.44. The number of benzene rings is 1. The van der Waals surface area contributed by atoms with Crippen molar-refractivity contribution >= 4 is 21.6 Å². The topological polar surface area (TPSA) is 101 Å². The van der Waals surface area contributed by atoms with E-state index in [1.807, 2.05) is 0 Å². The second-order valence-corrected chi connectivity index (χ2v) is 6.68. The van der Waals surface area contributed by atoms with Crippen molar-refractivity contribution in [3.63, 3.8) is 0 Å². The van der Waals surface area contributed by atoms with Gasteiger partial charge in [-0.1, -0.05) is 6.07 Å². The summed E-state index contributed by atoms with van der Waals surface area (Å²) in [5.74, 6) is 0.421. The van der Waals surface area contributed by atoms with Crippen LogP contribution in [-0.4, -0.2) is 27.4 Å². The number of carbonyl (C=O) groups is 1. The number of nitrogens with one attached hydrogen (secondary N) is 2. The zero-order chi connectivity index (χ0) is 14.6. The molecule has 0 bridgehead atoms. The lowest BCUT2D eigenvalue weighted by atomic mass is 10.2. The summed E-state index contributed by atoms with van der Waals surface area (Å²) in [6.45, 7) is 0.414. The summed E-state index contributed by atoms with van der Waals surface area (Å²) in [5.41, 5.74) is 5.77. The first-order chi connectivity index (χ1) is 9.51. The predicted molar refractivity (Wildman–Crippen MR) is 76.7 cm³/mol. The van der Waals surface area contributed by atoms with Crippen LogP contribution in [-0.2, 0) is 14.8 Å². The zero-order valence-electron chi connectivity index (χ0n) is 11.1. The molecule has 2 rings (SSSR count). The van der Waals surface area contributed by atoms with Crippen LogP contribution in [0.5, 0.6) is 0 Å². The summed E-state index contributed by atoms with van der Waals surface area (Å²) in [4.78, 5) is 11.8. The molecule has 1 aliphatic rings. The largest absolute Gasteiger partial charge is 0.329 e. The van der Waals surface area contributed by atoms with Gasteiger partial charge in [0.15, 0.2) is 0 Å². The van der Waals surface area contributed by atoms with Crippen molar-refractivity contribution < 1.29 is 13.2 Å². The lowest BCUT2D eigenvalue weighted by Crippen LogP contribution is -2.29. The zero-order valence-corrected chi connectivity index (χ0v) is 11.9. The number of anilines is 1. The van der Waals surface area contributed by atoms with Gasteiger partial charge in [0.25, 0.3) is 0 Å². The fourth-order valence-corrected chi connectivity index (χ4v) is 2.91. The van der Waals surface area contributed by atoms with Gasteiger partial charge in [-0.05, 0) is 37.0 Å². The first kappa shape index (κ1) is 15.0. The molecule has 0 aliphatic heterocycles. The molecule has 1 aromatic carbocycles. The molecule has 1 amide bonds. The van der Waals surface area contributed by atoms with E-state index in [1.54, 1.807) is 12.1 Å². The number of hydrogen-bond acceptors (Lipinski definition) is 4. The molecular formula is C13H19N3O3S. The van der Waals surface area contributed by atoms with Crippen molar-refractivity contribution in [3.05, 3.63) is 24.3 Å². The highest BCUT2D eigenvalue weighted by Crippen LogP contribution is 2.32. The number of amides is 1. The highest BCUT2D eigenvalue weighted by atomic mass is 32.2. The third-order valence-corrected chi connectivity index (χ3v) is 4.49. The van der Waals surface area contributed by atoms with Gasteiger partial charge in [0.1, 0.15) is 0 Å². The minimum absolute atomic E-state index is 0.0723. The number of hydrogen-bond donors (Lipinski definition) is 3. The van der Waals surface area contributed by atoms with E-state index in [-0.39, 0.29) is 23.9 Å². The molecule has 7 heteroatoms. The van der Waals surface area contributed by atoms with Crippen LogP contribution in [0.25, 0.3) is 0 Å². The fraction of sp³-hybridized carbons (Fsp3) is 0.462. The van der Waals surface area contributed by atoms with E-state index in [0.717, 1.165) is 12.8 Å². The van der Waals surface area contributed by atoms with Crippen molar-refractivity contribution in [1.82, 2.24) is 4.72 Å². The normalized spacial score (nSPS) is 15.1. The predicted octanol–water partition coefficient (Wildman–Crippen LogP) is 0.662. The van der Waals surface area contributed by atoms with Crippen molar-refractivity contribution in [3.8, 4) is 0 Å². The van der Waals surface area contributed by atoms with E-state index in [1.165, 1.54) is 12.1 Å². The standard InChI is InChI=1S/C13H19N3O3S/c14-6-7-15-20(18,19)12-3-1-2-11(9-12)16-13(17)8-10-4-5-10/h1-3,9-10,15H,4-8,14H2,(H,16,17). The van der Waals surface area contributed by atoms with Crippen LogP contribution in [0.4, 0.5) is 5.69 Å². The highest BCUT2D eigenvalue weighted by molar-refractivity contribution is 7.89. The maximum absolute atomic E-state index is 11.9. The number of carbonyl (C=O) groups excluding carboxylic acids is 1. The molecule has 110 valence electrons. The van der Waals surface area contributed by atoms with Crippen LogP contribution in [0.1, 0.15) is 19.3 Å². The van der Waals surface area contributed by atoms with Gasteiger partial charge in [-0.25, -0.2) is 13.1 Å². The lowest BCUT2D eigenvalue weighted by Gasteiger charge is -2.08. The molecular weight excluding hydrogens is 278 g/mol. The van der Waals surface area contributed by atoms with Crippen LogP contribution in [0.15, 0.2) is 29.2 Å². The Balaban J connectivity index is 2.04. The summed E-state index contributed by atoms with van der Waals surface area (Å²) < 4.78 is 26.3. The van der Waals surface area contributed by atoms with E-state index >= 15 is 0 Å². The SMILES string of the molecule is NCCNS(=O)(=O)c1cccc(NC(=O)CC2CC2)c1. The quantitative estimate of drug-likeness (QED) is 0.688. The first-order valence-corrected chi connectivity index (χ1v) is 8.09. The molecule has 0 radical (unpaired) electrons. The Morgan fingerprint density at radius 1 is 1.35 bits per heavy atom. The maximum Gasteiger partial charge on any atom is 0.240 e. The number of sulfonamides is 1. The molecule has 0 aromatic heterocycles. The van der Waals surface area contributed by atoms with E-state index in [9.17, 15) is 13.2 Å². The molecule has 0 heterocycles. The third-order valence-electron chi connectivity index (χ3n) is 3.04. The second kappa shape index (κ2) is 6.34. The van der Waals surface area contributed by atoms with Crippen LogP contribution in [0.2, 0.25) is 0 Å². The first-order valence-electron chi connectivity index (χ1n) is 6.61. The average Bonchev–Trinajstić information content (AvgIpc) is 3.20. The van der Waals surface area contributed by atoms with Crippen LogP contribution in [0.3, 0.4) is 0 Å². The fourth-order valence-electron chi connectivity index (χ4n) is 1.81. The minimum atomic E-state index is -3.57. The van der Waals surface area contributed by atoms with Crippen molar-refractivity contribution in [2.75, 3.05) is 18.4 Å². The van der Waals surface area contributed by atoms with Gasteiger partial charge >= 0.3 is 0 Å². The molecule has 0 saturated heterocycles. The lowest BCUT2D eigenvalue weighted by molar-refractivity contribution is -0.116. The van der Waals surface area contributed by atoms with Crippen LogP contribution < -0.4 is 15.8 Å². The van der Waals surface area contributed by atoms with Crippen molar-refractivity contribution in [1.29, 1.82) is 0 Å². The average molecular weight is 297 g/mol. The minimum Gasteiger partial charge on any atom is -0.329 e. The van der Waals surface area contributed by atoms with E-state index in [2.05, 4.69) is 10.0 Å². The van der Waals surface area contributed by atoms with Gasteiger partial charge in [-0.15, -0.1) is 0 Å². The van der Waals surface area contributed by atoms with Crippen LogP contribution >= 0.6 is 0 Å². The van der Waals surface area contributed by atoms with E-state index in [0.29, 0.717) is 18.0 Å². The van der Waals surface area contributed by atoms with E-state index in [4.69, 9.17) is 5.73 Å². The molecule has 0 spiro atoms. The maximum atomic E-state index is 11.9. The smallest absolute Gasteiger partial charge is 0.240 e. The summed E-state index contributed by atoms with van der Waals surface area (Å²) >= 11 is 0. The Morgan fingerprint density at radius 2 is 2.10 bits per heavy atom.